The fourth-order valence-corrected chi connectivity index (χ4v) is 5.65. The van der Waals surface area contributed by atoms with Gasteiger partial charge in [0.2, 0.25) is 5.91 Å². The van der Waals surface area contributed by atoms with Gasteiger partial charge in [-0.1, -0.05) is 6.92 Å². The quantitative estimate of drug-likeness (QED) is 0.450. The Labute approximate surface area is 195 Å². The van der Waals surface area contributed by atoms with Gasteiger partial charge < -0.3 is 15.0 Å². The molecule has 33 heavy (non-hydrogen) atoms. The Hall–Kier alpha value is -2.53. The number of thiophene rings is 1. The summed E-state index contributed by atoms with van der Waals surface area (Å²) in [5.41, 5.74) is 0.0443. The minimum Gasteiger partial charge on any atom is -0.491 e. The van der Waals surface area contributed by atoms with Gasteiger partial charge in [-0.3, -0.25) is 9.59 Å². The van der Waals surface area contributed by atoms with Crippen molar-refractivity contribution in [3.05, 3.63) is 50.4 Å². The van der Waals surface area contributed by atoms with Gasteiger partial charge in [0.1, 0.15) is 16.4 Å². The van der Waals surface area contributed by atoms with Crippen LogP contribution in [0.25, 0.3) is 10.2 Å². The average Bonchev–Trinajstić information content (AvgIpc) is 3.33. The number of fused-ring (bicyclic) bond motifs is 3. The van der Waals surface area contributed by atoms with Crippen LogP contribution in [0.2, 0.25) is 0 Å². The molecule has 2 heterocycles. The van der Waals surface area contributed by atoms with Crippen LogP contribution < -0.4 is 15.6 Å². The number of H-pyrrole nitrogens is 1. The zero-order valence-electron chi connectivity index (χ0n) is 17.8. The second-order valence-electron chi connectivity index (χ2n) is 7.65. The Balaban J connectivity index is 1.41. The van der Waals surface area contributed by atoms with Gasteiger partial charge in [0.25, 0.3) is 5.56 Å². The van der Waals surface area contributed by atoms with Crippen molar-refractivity contribution < 1.29 is 22.7 Å². The summed E-state index contributed by atoms with van der Waals surface area (Å²) in [4.78, 5) is 34.2. The lowest BCUT2D eigenvalue weighted by Crippen LogP contribution is -2.17. The third-order valence-electron chi connectivity index (χ3n) is 5.14. The Morgan fingerprint density at radius 3 is 2.91 bits per heavy atom. The first-order chi connectivity index (χ1) is 15.8. The molecule has 0 radical (unpaired) electrons. The number of carbonyl (C=O) groups is 1. The first-order valence-electron chi connectivity index (χ1n) is 10.5. The predicted octanol–water partition coefficient (Wildman–Crippen LogP) is 5.15. The van der Waals surface area contributed by atoms with Crippen molar-refractivity contribution in [2.24, 2.45) is 0 Å². The molecule has 0 fully saturated rings. The van der Waals surface area contributed by atoms with Gasteiger partial charge in [0.15, 0.2) is 0 Å². The number of ether oxygens (including phenoxy) is 1. The van der Waals surface area contributed by atoms with Crippen LogP contribution in [0.1, 0.15) is 41.6 Å². The molecule has 3 aromatic rings. The number of aromatic nitrogens is 2. The van der Waals surface area contributed by atoms with Crippen molar-refractivity contribution in [2.75, 3.05) is 17.7 Å². The largest absolute Gasteiger partial charge is 0.491 e. The molecule has 176 valence electrons. The number of benzene rings is 1. The number of nitrogens with one attached hydrogen (secondary N) is 2. The molecule has 4 rings (SSSR count). The number of hydrogen-bond acceptors (Lipinski definition) is 6. The van der Waals surface area contributed by atoms with E-state index in [1.165, 1.54) is 22.7 Å². The number of anilines is 1. The molecule has 0 unspecified atom stereocenters. The molecular weight excluding hydrogens is 475 g/mol. The lowest BCUT2D eigenvalue weighted by atomic mass is 10.1. The van der Waals surface area contributed by atoms with Crippen molar-refractivity contribution in [1.29, 1.82) is 0 Å². The summed E-state index contributed by atoms with van der Waals surface area (Å²) in [5, 5.41) is 3.18. The Kier molecular flexibility index (Phi) is 6.99. The molecule has 1 amide bonds. The summed E-state index contributed by atoms with van der Waals surface area (Å²) in [6, 6.07) is 3.01. The molecule has 1 aromatic carbocycles. The van der Waals surface area contributed by atoms with Gasteiger partial charge in [-0.2, -0.15) is 13.2 Å². The smallest absolute Gasteiger partial charge is 0.416 e. The molecule has 2 N–H and O–H groups in total. The SMILES string of the molecule is CCCOc1ccc(C(F)(F)F)cc1NC(=O)CSCc1nc2sc3c(c2c(=O)[nH]1)CCC3. The number of aromatic amines is 1. The fraction of sp³-hybridized carbons (Fsp3) is 0.409. The second-order valence-corrected chi connectivity index (χ2v) is 9.72. The van der Waals surface area contributed by atoms with Crippen LogP contribution >= 0.6 is 23.1 Å². The second kappa shape index (κ2) is 9.76. The van der Waals surface area contributed by atoms with E-state index in [2.05, 4.69) is 15.3 Å². The molecule has 11 heteroatoms. The Morgan fingerprint density at radius 2 is 2.15 bits per heavy atom. The number of carbonyl (C=O) groups excluding carboxylic acids is 1. The van der Waals surface area contributed by atoms with E-state index in [4.69, 9.17) is 4.74 Å². The van der Waals surface area contributed by atoms with E-state index in [-0.39, 0.29) is 22.7 Å². The molecular formula is C22H22F3N3O3S2. The third-order valence-corrected chi connectivity index (χ3v) is 7.27. The number of aryl methyl sites for hydroxylation is 2. The summed E-state index contributed by atoms with van der Waals surface area (Å²) in [5.74, 6) is 0.454. The van der Waals surface area contributed by atoms with Crippen LogP contribution in [0.3, 0.4) is 0 Å². The minimum absolute atomic E-state index is 0.0217. The Bertz CT molecular complexity index is 1240. The summed E-state index contributed by atoms with van der Waals surface area (Å²) < 4.78 is 44.7. The maximum atomic E-state index is 13.1. The molecule has 1 aliphatic rings. The topological polar surface area (TPSA) is 84.1 Å². The minimum atomic E-state index is -4.53. The molecule has 0 atom stereocenters. The van der Waals surface area contributed by atoms with E-state index in [9.17, 15) is 22.8 Å². The highest BCUT2D eigenvalue weighted by Gasteiger charge is 2.31. The van der Waals surface area contributed by atoms with Crippen LogP contribution in [0.4, 0.5) is 18.9 Å². The van der Waals surface area contributed by atoms with E-state index >= 15 is 0 Å². The van der Waals surface area contributed by atoms with Crippen LogP contribution in [-0.4, -0.2) is 28.2 Å². The number of halogens is 3. The van der Waals surface area contributed by atoms with Crippen molar-refractivity contribution in [3.63, 3.8) is 0 Å². The number of amides is 1. The third kappa shape index (κ3) is 5.35. The molecule has 2 aromatic heterocycles. The highest BCUT2D eigenvalue weighted by molar-refractivity contribution is 7.99. The summed E-state index contributed by atoms with van der Waals surface area (Å²) in [7, 11) is 0. The normalized spacial score (nSPS) is 13.3. The van der Waals surface area contributed by atoms with E-state index in [0.29, 0.717) is 34.8 Å². The summed E-state index contributed by atoms with van der Waals surface area (Å²) >= 11 is 2.75. The molecule has 1 aliphatic carbocycles. The summed E-state index contributed by atoms with van der Waals surface area (Å²) in [6.07, 6.45) is -0.934. The number of thioether (sulfide) groups is 1. The van der Waals surface area contributed by atoms with Gasteiger partial charge in [-0.25, -0.2) is 4.98 Å². The van der Waals surface area contributed by atoms with Gasteiger partial charge in [0, 0.05) is 4.88 Å². The zero-order chi connectivity index (χ0) is 23.6. The molecule has 0 saturated carbocycles. The van der Waals surface area contributed by atoms with Crippen molar-refractivity contribution in [3.8, 4) is 5.75 Å². The standard InChI is InChI=1S/C22H22F3N3O3S2/c1-2-8-31-15-7-6-12(22(23,24)25)9-14(15)26-18(29)11-32-10-17-27-20(30)19-13-4-3-5-16(13)33-21(19)28-17/h6-7,9H,2-5,8,10-11H2,1H3,(H,26,29)(H,27,28,30). The summed E-state index contributed by atoms with van der Waals surface area (Å²) in [6.45, 7) is 2.19. The first kappa shape index (κ1) is 23.6. The van der Waals surface area contributed by atoms with Crippen LogP contribution in [0.5, 0.6) is 5.75 Å². The monoisotopic (exact) mass is 497 g/mol. The van der Waals surface area contributed by atoms with E-state index < -0.39 is 17.6 Å². The first-order valence-corrected chi connectivity index (χ1v) is 12.5. The van der Waals surface area contributed by atoms with E-state index in [1.807, 2.05) is 6.92 Å². The van der Waals surface area contributed by atoms with Crippen LogP contribution in [0.15, 0.2) is 23.0 Å². The van der Waals surface area contributed by atoms with Crippen molar-refractivity contribution >= 4 is 44.9 Å². The van der Waals surface area contributed by atoms with Crippen molar-refractivity contribution in [2.45, 2.75) is 44.5 Å². The molecule has 0 spiro atoms. The van der Waals surface area contributed by atoms with Gasteiger partial charge >= 0.3 is 6.18 Å². The van der Waals surface area contributed by atoms with Crippen LogP contribution in [0, 0.1) is 0 Å². The highest BCUT2D eigenvalue weighted by Crippen LogP contribution is 2.36. The number of hydrogen-bond donors (Lipinski definition) is 2. The van der Waals surface area contributed by atoms with Crippen molar-refractivity contribution in [1.82, 2.24) is 9.97 Å². The van der Waals surface area contributed by atoms with E-state index in [1.54, 1.807) is 11.3 Å². The number of alkyl halides is 3. The highest BCUT2D eigenvalue weighted by atomic mass is 32.2. The maximum absolute atomic E-state index is 13.1. The molecule has 0 saturated heterocycles. The zero-order valence-corrected chi connectivity index (χ0v) is 19.4. The van der Waals surface area contributed by atoms with E-state index in [0.717, 1.165) is 37.0 Å². The molecule has 6 nitrogen and oxygen atoms in total. The fourth-order valence-electron chi connectivity index (χ4n) is 3.68. The van der Waals surface area contributed by atoms with Gasteiger partial charge in [-0.15, -0.1) is 23.1 Å². The van der Waals surface area contributed by atoms with Gasteiger partial charge in [-0.05, 0) is 49.4 Å². The number of nitrogens with zero attached hydrogens (tertiary/aromatic N) is 1. The predicted molar refractivity (Wildman–Crippen MR) is 124 cm³/mol. The molecule has 0 bridgehead atoms. The Morgan fingerprint density at radius 1 is 1.33 bits per heavy atom. The average molecular weight is 498 g/mol. The lowest BCUT2D eigenvalue weighted by molar-refractivity contribution is -0.137. The van der Waals surface area contributed by atoms with Crippen LogP contribution in [-0.2, 0) is 29.6 Å². The lowest BCUT2D eigenvalue weighted by Gasteiger charge is -2.15. The van der Waals surface area contributed by atoms with Gasteiger partial charge in [0.05, 0.1) is 34.7 Å². The maximum Gasteiger partial charge on any atom is 0.416 e. The molecule has 0 aliphatic heterocycles. The number of rotatable bonds is 8.